The molecular weight excluding hydrogens is 402 g/mol. The van der Waals surface area contributed by atoms with Crippen LogP contribution in [0.1, 0.15) is 34.6 Å². The summed E-state index contributed by atoms with van der Waals surface area (Å²) in [7, 11) is 0. The van der Waals surface area contributed by atoms with E-state index >= 15 is 0 Å². The Balaban J connectivity index is 1.38. The van der Waals surface area contributed by atoms with Crippen LogP contribution >= 0.6 is 11.3 Å². The van der Waals surface area contributed by atoms with Crippen LogP contribution in [-0.4, -0.2) is 32.8 Å². The summed E-state index contributed by atoms with van der Waals surface area (Å²) in [6.45, 7) is 1.64. The molecule has 1 N–H and O–H groups in total. The van der Waals surface area contributed by atoms with Gasteiger partial charge in [0.2, 0.25) is 11.8 Å². The highest BCUT2D eigenvalue weighted by atomic mass is 32.1. The summed E-state index contributed by atoms with van der Waals surface area (Å²) in [6.07, 6.45) is 8.60. The quantitative estimate of drug-likeness (QED) is 0.629. The Morgan fingerprint density at radius 1 is 1.37 bits per heavy atom. The van der Waals surface area contributed by atoms with E-state index in [9.17, 15) is 14.9 Å². The number of furan rings is 1. The average molecular weight is 423 g/mol. The third kappa shape index (κ3) is 4.44. The van der Waals surface area contributed by atoms with Gasteiger partial charge in [-0.3, -0.25) is 9.59 Å². The van der Waals surface area contributed by atoms with Crippen molar-refractivity contribution in [2.45, 2.75) is 38.8 Å². The number of imidazole rings is 1. The van der Waals surface area contributed by atoms with Gasteiger partial charge in [0.05, 0.1) is 24.7 Å². The maximum absolute atomic E-state index is 12.6. The molecule has 2 amide bonds. The first-order valence-corrected chi connectivity index (χ1v) is 10.6. The molecule has 0 aromatic carbocycles. The van der Waals surface area contributed by atoms with Gasteiger partial charge in [-0.25, -0.2) is 4.98 Å². The molecule has 0 fully saturated rings. The van der Waals surface area contributed by atoms with Crippen molar-refractivity contribution in [2.24, 2.45) is 0 Å². The number of thiophene rings is 1. The highest BCUT2D eigenvalue weighted by Gasteiger charge is 2.27. The average Bonchev–Trinajstić information content (AvgIpc) is 3.50. The standard InChI is InChI=1S/C21H21N5O3S/c22-12-17-16-5-9-26(20(28)6-8-25-10-7-23-14-25)13-18(16)30-21(17)24-19(27)4-3-15-2-1-11-29-15/h1-2,7,10-11,14H,3-6,8-9,13H2,(H,24,27). The summed E-state index contributed by atoms with van der Waals surface area (Å²) in [4.78, 5) is 31.7. The minimum atomic E-state index is -0.158. The summed E-state index contributed by atoms with van der Waals surface area (Å²) in [5.41, 5.74) is 1.47. The van der Waals surface area contributed by atoms with Crippen LogP contribution in [0.5, 0.6) is 0 Å². The fraction of sp³-hybridized carbons (Fsp3) is 0.333. The van der Waals surface area contributed by atoms with Crippen molar-refractivity contribution in [1.82, 2.24) is 14.5 Å². The van der Waals surface area contributed by atoms with E-state index in [1.165, 1.54) is 11.3 Å². The molecule has 8 nitrogen and oxygen atoms in total. The molecule has 3 aromatic rings. The van der Waals surface area contributed by atoms with Gasteiger partial charge in [0, 0.05) is 49.6 Å². The van der Waals surface area contributed by atoms with Gasteiger partial charge in [0.1, 0.15) is 16.8 Å². The molecule has 0 saturated carbocycles. The molecule has 0 unspecified atom stereocenters. The van der Waals surface area contributed by atoms with Gasteiger partial charge in [-0.2, -0.15) is 5.26 Å². The number of anilines is 1. The molecular formula is C21H21N5O3S. The van der Waals surface area contributed by atoms with Gasteiger partial charge in [0.15, 0.2) is 0 Å². The summed E-state index contributed by atoms with van der Waals surface area (Å²) in [5, 5.41) is 13.1. The van der Waals surface area contributed by atoms with Crippen molar-refractivity contribution >= 4 is 28.2 Å². The van der Waals surface area contributed by atoms with Crippen LogP contribution in [0.15, 0.2) is 41.5 Å². The number of nitrogens with zero attached hydrogens (tertiary/aromatic N) is 4. The number of aromatic nitrogens is 2. The SMILES string of the molecule is N#Cc1c(NC(=O)CCc2ccco2)sc2c1CCN(C(=O)CCn1ccnc1)C2. The number of amides is 2. The molecule has 0 bridgehead atoms. The van der Waals surface area contributed by atoms with Crippen LogP contribution in [0.2, 0.25) is 0 Å². The number of rotatable bonds is 7. The first kappa shape index (κ1) is 19.9. The lowest BCUT2D eigenvalue weighted by atomic mass is 10.0. The molecule has 1 aliphatic rings. The largest absolute Gasteiger partial charge is 0.469 e. The number of fused-ring (bicyclic) bond motifs is 1. The number of carbonyl (C=O) groups excluding carboxylic acids is 2. The van der Waals surface area contributed by atoms with E-state index in [0.29, 0.717) is 49.5 Å². The second-order valence-corrected chi connectivity index (χ2v) is 8.17. The topological polar surface area (TPSA) is 104 Å². The molecule has 0 aliphatic carbocycles. The lowest BCUT2D eigenvalue weighted by molar-refractivity contribution is -0.132. The van der Waals surface area contributed by atoms with Gasteiger partial charge in [0.25, 0.3) is 0 Å². The second kappa shape index (κ2) is 8.97. The van der Waals surface area contributed by atoms with Gasteiger partial charge in [-0.15, -0.1) is 11.3 Å². The first-order valence-electron chi connectivity index (χ1n) is 9.74. The molecule has 0 spiro atoms. The van der Waals surface area contributed by atoms with Crippen molar-refractivity contribution in [3.8, 4) is 6.07 Å². The third-order valence-corrected chi connectivity index (χ3v) is 6.23. The molecule has 0 radical (unpaired) electrons. The van der Waals surface area contributed by atoms with Crippen LogP contribution in [-0.2, 0) is 35.5 Å². The van der Waals surface area contributed by atoms with Crippen LogP contribution in [0.3, 0.4) is 0 Å². The van der Waals surface area contributed by atoms with Crippen LogP contribution in [0, 0.1) is 11.3 Å². The fourth-order valence-corrected chi connectivity index (χ4v) is 4.74. The molecule has 30 heavy (non-hydrogen) atoms. The second-order valence-electron chi connectivity index (χ2n) is 7.06. The van der Waals surface area contributed by atoms with Gasteiger partial charge in [-0.05, 0) is 24.1 Å². The minimum absolute atomic E-state index is 0.0743. The number of hydrogen-bond donors (Lipinski definition) is 1. The molecule has 0 saturated heterocycles. The van der Waals surface area contributed by atoms with Crippen molar-refractivity contribution in [3.05, 3.63) is 58.9 Å². The predicted octanol–water partition coefficient (Wildman–Crippen LogP) is 2.96. The third-order valence-electron chi connectivity index (χ3n) is 5.10. The first-order chi connectivity index (χ1) is 14.6. The Morgan fingerprint density at radius 2 is 2.27 bits per heavy atom. The summed E-state index contributed by atoms with van der Waals surface area (Å²) in [6, 6.07) is 5.85. The van der Waals surface area contributed by atoms with E-state index in [1.807, 2.05) is 21.7 Å². The molecule has 154 valence electrons. The summed E-state index contributed by atoms with van der Waals surface area (Å²) in [5.74, 6) is 0.668. The predicted molar refractivity (Wildman–Crippen MR) is 111 cm³/mol. The molecule has 4 heterocycles. The van der Waals surface area contributed by atoms with Crippen molar-refractivity contribution < 1.29 is 14.0 Å². The van der Waals surface area contributed by atoms with Crippen molar-refractivity contribution in [3.63, 3.8) is 0 Å². The lowest BCUT2D eigenvalue weighted by Gasteiger charge is -2.27. The number of carbonyl (C=O) groups is 2. The van der Waals surface area contributed by atoms with E-state index in [1.54, 1.807) is 24.9 Å². The van der Waals surface area contributed by atoms with Crippen LogP contribution in [0.4, 0.5) is 5.00 Å². The van der Waals surface area contributed by atoms with Gasteiger partial charge >= 0.3 is 0 Å². The normalized spacial score (nSPS) is 13.0. The van der Waals surface area contributed by atoms with E-state index in [4.69, 9.17) is 4.42 Å². The molecule has 0 atom stereocenters. The maximum atomic E-state index is 12.6. The van der Waals surface area contributed by atoms with Crippen molar-refractivity contribution in [1.29, 1.82) is 5.26 Å². The number of hydrogen-bond acceptors (Lipinski definition) is 6. The van der Waals surface area contributed by atoms with E-state index < -0.39 is 0 Å². The molecule has 1 aliphatic heterocycles. The van der Waals surface area contributed by atoms with E-state index in [0.717, 1.165) is 16.2 Å². The van der Waals surface area contributed by atoms with Crippen LogP contribution < -0.4 is 5.32 Å². The number of nitrogens with one attached hydrogen (secondary N) is 1. The van der Waals surface area contributed by atoms with E-state index in [-0.39, 0.29) is 18.2 Å². The Kier molecular flexibility index (Phi) is 5.95. The summed E-state index contributed by atoms with van der Waals surface area (Å²) >= 11 is 1.39. The summed E-state index contributed by atoms with van der Waals surface area (Å²) < 4.78 is 7.13. The fourth-order valence-electron chi connectivity index (χ4n) is 3.51. The Labute approximate surface area is 177 Å². The molecule has 3 aromatic heterocycles. The van der Waals surface area contributed by atoms with Gasteiger partial charge in [-0.1, -0.05) is 0 Å². The lowest BCUT2D eigenvalue weighted by Crippen LogP contribution is -2.35. The highest BCUT2D eigenvalue weighted by molar-refractivity contribution is 7.16. The zero-order valence-corrected chi connectivity index (χ0v) is 17.2. The zero-order valence-electron chi connectivity index (χ0n) is 16.3. The Hall–Kier alpha value is -3.38. The number of aryl methyl sites for hydroxylation is 2. The monoisotopic (exact) mass is 423 g/mol. The Morgan fingerprint density at radius 3 is 3.00 bits per heavy atom. The smallest absolute Gasteiger partial charge is 0.225 e. The van der Waals surface area contributed by atoms with Crippen LogP contribution in [0.25, 0.3) is 0 Å². The van der Waals surface area contributed by atoms with E-state index in [2.05, 4.69) is 16.4 Å². The minimum Gasteiger partial charge on any atom is -0.469 e. The molecule has 4 rings (SSSR count). The number of nitriles is 1. The Bertz CT molecular complexity index is 1060. The maximum Gasteiger partial charge on any atom is 0.225 e. The molecule has 9 heteroatoms. The van der Waals surface area contributed by atoms with Gasteiger partial charge < -0.3 is 19.2 Å². The zero-order chi connectivity index (χ0) is 20.9. The highest BCUT2D eigenvalue weighted by Crippen LogP contribution is 2.36. The van der Waals surface area contributed by atoms with Crippen molar-refractivity contribution in [2.75, 3.05) is 11.9 Å².